The summed E-state index contributed by atoms with van der Waals surface area (Å²) in [5.41, 5.74) is -1.80. The second-order valence-electron chi connectivity index (χ2n) is 5.76. The van der Waals surface area contributed by atoms with Crippen LogP contribution in [0.1, 0.15) is 34.1 Å². The van der Waals surface area contributed by atoms with Gasteiger partial charge in [0.05, 0.1) is 0 Å². The highest BCUT2D eigenvalue weighted by molar-refractivity contribution is 5.92. The zero-order chi connectivity index (χ0) is 15.7. The Morgan fingerprint density at radius 2 is 2.00 bits per heavy atom. The highest BCUT2D eigenvalue weighted by Gasteiger charge is 2.46. The average Bonchev–Trinajstić information content (AvgIpc) is 2.31. The van der Waals surface area contributed by atoms with E-state index in [1.54, 1.807) is 20.8 Å². The number of allylic oxidation sites excluding steroid dienone is 3. The molecule has 5 heteroatoms. The van der Waals surface area contributed by atoms with Crippen molar-refractivity contribution in [2.75, 3.05) is 0 Å². The van der Waals surface area contributed by atoms with Crippen LogP contribution < -0.4 is 0 Å². The Bertz CT molecular complexity index is 540. The molecule has 0 radical (unpaired) electrons. The molecule has 0 aromatic rings. The molecule has 1 rings (SSSR count). The van der Waals surface area contributed by atoms with Gasteiger partial charge in [-0.05, 0) is 37.1 Å². The quantitative estimate of drug-likeness (QED) is 0.616. The van der Waals surface area contributed by atoms with Crippen LogP contribution in [0.5, 0.6) is 0 Å². The van der Waals surface area contributed by atoms with E-state index in [2.05, 4.69) is 0 Å². The van der Waals surface area contributed by atoms with Crippen LogP contribution in [-0.4, -0.2) is 27.6 Å². The summed E-state index contributed by atoms with van der Waals surface area (Å²) in [6.07, 6.45) is 4.11. The van der Waals surface area contributed by atoms with Gasteiger partial charge >= 0.3 is 5.97 Å². The molecule has 0 fully saturated rings. The summed E-state index contributed by atoms with van der Waals surface area (Å²) in [6.45, 7) is 6.40. The normalized spacial score (nSPS) is 27.3. The summed E-state index contributed by atoms with van der Waals surface area (Å²) in [4.78, 5) is 22.1. The van der Waals surface area contributed by atoms with Crippen molar-refractivity contribution in [2.24, 2.45) is 5.41 Å². The summed E-state index contributed by atoms with van der Waals surface area (Å²) in [6, 6.07) is 0. The van der Waals surface area contributed by atoms with E-state index >= 15 is 0 Å². The second-order valence-corrected chi connectivity index (χ2v) is 5.76. The number of carbonyl (C=O) groups is 2. The highest BCUT2D eigenvalue weighted by Crippen LogP contribution is 2.44. The van der Waals surface area contributed by atoms with Crippen LogP contribution >= 0.6 is 0 Å². The summed E-state index contributed by atoms with van der Waals surface area (Å²) >= 11 is 0. The molecular weight excluding hydrogens is 263 g/mol. The van der Waals surface area contributed by atoms with Gasteiger partial charge in [-0.25, -0.2) is 4.79 Å². The number of carboxylic acid groups (broad SMARTS) is 1. The molecule has 110 valence electrons. The van der Waals surface area contributed by atoms with Crippen molar-refractivity contribution in [3.8, 4) is 0 Å². The first-order valence-corrected chi connectivity index (χ1v) is 6.24. The molecule has 0 amide bonds. The fraction of sp³-hybridized carbons (Fsp3) is 0.467. The smallest absolute Gasteiger partial charge is 0.365 e. The number of ketones is 1. The predicted octanol–water partition coefficient (Wildman–Crippen LogP) is 2.55. The van der Waals surface area contributed by atoms with Gasteiger partial charge in [-0.15, -0.1) is 0 Å². The first-order chi connectivity index (χ1) is 9.01. The molecule has 4 nitrogen and oxygen atoms in total. The largest absolute Gasteiger partial charge is 0.476 e. The van der Waals surface area contributed by atoms with E-state index in [0.717, 1.165) is 0 Å². The minimum absolute atomic E-state index is 0.0745. The van der Waals surface area contributed by atoms with Gasteiger partial charge in [0.2, 0.25) is 5.83 Å². The average molecular weight is 282 g/mol. The Hall–Kier alpha value is -1.75. The fourth-order valence-corrected chi connectivity index (χ4v) is 2.35. The Morgan fingerprint density at radius 1 is 1.45 bits per heavy atom. The number of halogens is 1. The molecule has 0 bridgehead atoms. The van der Waals surface area contributed by atoms with Gasteiger partial charge in [-0.2, -0.15) is 4.39 Å². The zero-order valence-corrected chi connectivity index (χ0v) is 12.0. The Morgan fingerprint density at radius 3 is 2.45 bits per heavy atom. The van der Waals surface area contributed by atoms with E-state index in [4.69, 9.17) is 5.11 Å². The van der Waals surface area contributed by atoms with E-state index in [1.807, 2.05) is 0 Å². The van der Waals surface area contributed by atoms with E-state index < -0.39 is 22.8 Å². The summed E-state index contributed by atoms with van der Waals surface area (Å²) in [5, 5.41) is 19.3. The molecule has 0 heterocycles. The molecule has 1 aliphatic carbocycles. The van der Waals surface area contributed by atoms with Gasteiger partial charge in [0, 0.05) is 11.8 Å². The maximum atomic E-state index is 13.2. The molecule has 1 aliphatic rings. The van der Waals surface area contributed by atoms with Crippen LogP contribution in [0.2, 0.25) is 0 Å². The number of rotatable bonds is 3. The number of aliphatic carboxylic acids is 1. The monoisotopic (exact) mass is 282 g/mol. The first-order valence-electron chi connectivity index (χ1n) is 6.24. The molecular formula is C15H19FO4. The number of carbonyl (C=O) groups excluding carboxylic acids is 1. The van der Waals surface area contributed by atoms with E-state index in [-0.39, 0.29) is 17.8 Å². The van der Waals surface area contributed by atoms with E-state index in [9.17, 15) is 19.1 Å². The molecule has 20 heavy (non-hydrogen) atoms. The molecule has 0 spiro atoms. The van der Waals surface area contributed by atoms with Crippen molar-refractivity contribution in [2.45, 2.75) is 39.7 Å². The molecule has 0 saturated heterocycles. The van der Waals surface area contributed by atoms with Gasteiger partial charge in [-0.1, -0.05) is 19.9 Å². The lowest BCUT2D eigenvalue weighted by Crippen LogP contribution is -2.48. The van der Waals surface area contributed by atoms with Crippen molar-refractivity contribution in [3.63, 3.8) is 0 Å². The van der Waals surface area contributed by atoms with Crippen LogP contribution in [-0.2, 0) is 9.59 Å². The van der Waals surface area contributed by atoms with Gasteiger partial charge in [-0.3, -0.25) is 4.79 Å². The third-order valence-electron chi connectivity index (χ3n) is 3.74. The Balaban J connectivity index is 3.23. The Labute approximate surface area is 117 Å². The Kier molecular flexibility index (Phi) is 4.34. The van der Waals surface area contributed by atoms with Crippen molar-refractivity contribution in [1.82, 2.24) is 0 Å². The zero-order valence-electron chi connectivity index (χ0n) is 12.0. The van der Waals surface area contributed by atoms with Crippen molar-refractivity contribution in [3.05, 3.63) is 35.2 Å². The van der Waals surface area contributed by atoms with Gasteiger partial charge in [0.15, 0.2) is 5.78 Å². The standard InChI is InChI=1S/C15H19FO4/c1-9(12(16)13(18)19)5-6-15(20)10(2)7-11(17)8-14(15,3)4/h5-7,20H,8H2,1-4H3,(H,18,19)/b6-5+,12-9+/t15-/m1/s1. The third kappa shape index (κ3) is 2.88. The lowest BCUT2D eigenvalue weighted by Gasteiger charge is -2.43. The minimum Gasteiger partial charge on any atom is -0.476 e. The van der Waals surface area contributed by atoms with E-state index in [1.165, 1.54) is 25.2 Å². The molecule has 0 aliphatic heterocycles. The number of hydrogen-bond acceptors (Lipinski definition) is 3. The minimum atomic E-state index is -1.65. The van der Waals surface area contributed by atoms with Crippen molar-refractivity contribution in [1.29, 1.82) is 0 Å². The number of hydrogen-bond donors (Lipinski definition) is 2. The van der Waals surface area contributed by atoms with Crippen LogP contribution in [0.25, 0.3) is 0 Å². The maximum Gasteiger partial charge on any atom is 0.365 e. The summed E-state index contributed by atoms with van der Waals surface area (Å²) < 4.78 is 13.2. The van der Waals surface area contributed by atoms with Crippen LogP contribution in [0.4, 0.5) is 4.39 Å². The third-order valence-corrected chi connectivity index (χ3v) is 3.74. The lowest BCUT2D eigenvalue weighted by molar-refractivity contribution is -0.134. The van der Waals surface area contributed by atoms with E-state index in [0.29, 0.717) is 5.57 Å². The second kappa shape index (κ2) is 5.32. The van der Waals surface area contributed by atoms with Crippen molar-refractivity contribution < 1.29 is 24.2 Å². The topological polar surface area (TPSA) is 74.6 Å². The predicted molar refractivity (Wildman–Crippen MR) is 72.7 cm³/mol. The number of aliphatic hydroxyl groups is 1. The molecule has 0 saturated carbocycles. The van der Waals surface area contributed by atoms with Crippen LogP contribution in [0.15, 0.2) is 35.2 Å². The summed E-state index contributed by atoms with van der Waals surface area (Å²) in [7, 11) is 0. The maximum absolute atomic E-state index is 13.2. The van der Waals surface area contributed by atoms with Crippen LogP contribution in [0, 0.1) is 5.41 Å². The first kappa shape index (κ1) is 16.3. The molecule has 2 N–H and O–H groups in total. The van der Waals surface area contributed by atoms with Gasteiger partial charge in [0.1, 0.15) is 5.60 Å². The van der Waals surface area contributed by atoms with Crippen molar-refractivity contribution >= 4 is 11.8 Å². The molecule has 1 atom stereocenters. The van der Waals surface area contributed by atoms with Gasteiger partial charge < -0.3 is 10.2 Å². The fourth-order valence-electron chi connectivity index (χ4n) is 2.35. The van der Waals surface area contributed by atoms with Crippen LogP contribution in [0.3, 0.4) is 0 Å². The summed E-state index contributed by atoms with van der Waals surface area (Å²) in [5.74, 6) is -2.99. The SMILES string of the molecule is CC1=CC(=O)CC(C)(C)[C@@]1(O)/C=C/C(C)=C(/F)C(=O)O. The van der Waals surface area contributed by atoms with Gasteiger partial charge in [0.25, 0.3) is 0 Å². The lowest BCUT2D eigenvalue weighted by atomic mass is 9.64. The molecule has 0 aromatic heterocycles. The molecule has 0 unspecified atom stereocenters. The number of carboxylic acids is 1. The highest BCUT2D eigenvalue weighted by atomic mass is 19.1. The molecule has 0 aromatic carbocycles.